The highest BCUT2D eigenvalue weighted by Gasteiger charge is 2.18. The van der Waals surface area contributed by atoms with Crippen molar-refractivity contribution in [2.24, 2.45) is 0 Å². The third-order valence-corrected chi connectivity index (χ3v) is 7.32. The van der Waals surface area contributed by atoms with Crippen LogP contribution in [0.5, 0.6) is 0 Å². The Morgan fingerprint density at radius 3 is 2.26 bits per heavy atom. The number of aryl methyl sites for hydroxylation is 1. The summed E-state index contributed by atoms with van der Waals surface area (Å²) in [7, 11) is -3.68. The topological polar surface area (TPSA) is 92.7 Å². The van der Waals surface area contributed by atoms with E-state index in [1.165, 1.54) is 24.3 Å². The van der Waals surface area contributed by atoms with Crippen LogP contribution >= 0.6 is 24.0 Å². The van der Waals surface area contributed by atoms with Gasteiger partial charge in [0.15, 0.2) is 0 Å². The Bertz CT molecular complexity index is 1200. The van der Waals surface area contributed by atoms with E-state index in [2.05, 4.69) is 5.32 Å². The fourth-order valence-corrected chi connectivity index (χ4v) is 4.90. The van der Waals surface area contributed by atoms with E-state index >= 15 is 0 Å². The molecule has 0 amide bonds. The van der Waals surface area contributed by atoms with Gasteiger partial charge in [-0.15, -0.1) is 12.4 Å². The van der Waals surface area contributed by atoms with Gasteiger partial charge in [0.05, 0.1) is 28.1 Å². The zero-order valence-electron chi connectivity index (χ0n) is 19.3. The molecule has 0 bridgehead atoms. The summed E-state index contributed by atoms with van der Waals surface area (Å²) in [4.78, 5) is 12.1. The van der Waals surface area contributed by atoms with Gasteiger partial charge in [0.25, 0.3) is 0 Å². The number of aliphatic hydroxyl groups excluding tert-OH is 1. The van der Waals surface area contributed by atoms with Crippen LogP contribution < -0.4 is 5.32 Å². The number of rotatable bonds is 11. The first-order chi connectivity index (χ1) is 16.3. The fourth-order valence-electron chi connectivity index (χ4n) is 3.44. The number of halogens is 2. The number of nitrogens with one attached hydrogen (secondary N) is 1. The lowest BCUT2D eigenvalue weighted by atomic mass is 10.1. The molecule has 3 aromatic rings. The molecule has 1 atom stereocenters. The molecule has 6 nitrogen and oxygen atoms in total. The molecule has 0 fully saturated rings. The number of esters is 1. The van der Waals surface area contributed by atoms with Crippen LogP contribution in [0.3, 0.4) is 0 Å². The first kappa shape index (κ1) is 28.8. The molecule has 0 saturated carbocycles. The van der Waals surface area contributed by atoms with Gasteiger partial charge in [-0.2, -0.15) is 0 Å². The SMILES string of the molecule is CCOC(=O)c1ccc(S(=O)(=O)c2ccc(CCCNC[C@@H](O)c3cccc(Cl)c3)cc2)cc1.Cl. The maximum atomic E-state index is 12.9. The first-order valence-corrected chi connectivity index (χ1v) is 12.9. The van der Waals surface area contributed by atoms with Crippen LogP contribution in [-0.2, 0) is 21.0 Å². The minimum atomic E-state index is -3.68. The van der Waals surface area contributed by atoms with Gasteiger partial charge in [-0.1, -0.05) is 35.9 Å². The lowest BCUT2D eigenvalue weighted by molar-refractivity contribution is 0.0526. The van der Waals surface area contributed by atoms with Gasteiger partial charge in [0.2, 0.25) is 9.84 Å². The first-order valence-electron chi connectivity index (χ1n) is 11.1. The zero-order valence-corrected chi connectivity index (χ0v) is 21.7. The number of benzene rings is 3. The molecule has 2 N–H and O–H groups in total. The van der Waals surface area contributed by atoms with Gasteiger partial charge < -0.3 is 15.2 Å². The highest BCUT2D eigenvalue weighted by molar-refractivity contribution is 7.91. The number of carbonyl (C=O) groups excluding carboxylic acids is 1. The lowest BCUT2D eigenvalue weighted by Gasteiger charge is -2.12. The van der Waals surface area contributed by atoms with Crippen molar-refractivity contribution in [3.05, 3.63) is 94.5 Å². The number of hydrogen-bond donors (Lipinski definition) is 2. The summed E-state index contributed by atoms with van der Waals surface area (Å²) < 4.78 is 30.7. The van der Waals surface area contributed by atoms with Crippen LogP contribution in [0.2, 0.25) is 5.02 Å². The molecule has 0 radical (unpaired) electrons. The smallest absolute Gasteiger partial charge is 0.338 e. The Morgan fingerprint density at radius 1 is 1.03 bits per heavy atom. The summed E-state index contributed by atoms with van der Waals surface area (Å²) in [6, 6.07) is 19.7. The average molecular weight is 538 g/mol. The van der Waals surface area contributed by atoms with E-state index in [1.807, 2.05) is 12.1 Å². The predicted molar refractivity (Wildman–Crippen MR) is 139 cm³/mol. The maximum absolute atomic E-state index is 12.9. The summed E-state index contributed by atoms with van der Waals surface area (Å²) in [5.41, 5.74) is 2.10. The van der Waals surface area contributed by atoms with Crippen molar-refractivity contribution in [3.63, 3.8) is 0 Å². The van der Waals surface area contributed by atoms with E-state index in [9.17, 15) is 18.3 Å². The van der Waals surface area contributed by atoms with Crippen LogP contribution in [0, 0.1) is 0 Å². The quantitative estimate of drug-likeness (QED) is 0.263. The molecule has 0 spiro atoms. The summed E-state index contributed by atoms with van der Waals surface area (Å²) >= 11 is 5.96. The van der Waals surface area contributed by atoms with Gasteiger partial charge >= 0.3 is 5.97 Å². The van der Waals surface area contributed by atoms with E-state index in [0.717, 1.165) is 24.0 Å². The van der Waals surface area contributed by atoms with Crippen LogP contribution in [0.4, 0.5) is 0 Å². The molecule has 0 unspecified atom stereocenters. The van der Waals surface area contributed by atoms with Gasteiger partial charge in [-0.3, -0.25) is 0 Å². The summed E-state index contributed by atoms with van der Waals surface area (Å²) in [5.74, 6) is -0.482. The Labute approximate surface area is 217 Å². The Hall–Kier alpha value is -2.42. The number of aliphatic hydroxyl groups is 1. The molecule has 0 saturated heterocycles. The molecule has 35 heavy (non-hydrogen) atoms. The van der Waals surface area contributed by atoms with Crippen molar-refractivity contribution < 1.29 is 23.1 Å². The highest BCUT2D eigenvalue weighted by Crippen LogP contribution is 2.22. The van der Waals surface area contributed by atoms with Crippen LogP contribution in [0.15, 0.2) is 82.6 Å². The average Bonchev–Trinajstić information content (AvgIpc) is 2.84. The van der Waals surface area contributed by atoms with E-state index < -0.39 is 21.9 Å². The standard InChI is InChI=1S/C26H28ClNO5S.ClH/c1-2-33-26(30)20-10-14-24(15-11-20)34(31,32)23-12-8-19(9-13-23)5-4-16-28-18-25(29)21-6-3-7-22(27)17-21;/h3,6-15,17,25,28-29H,2,4-5,16,18H2,1H3;1H/t25-;/m1./s1. The molecule has 0 aliphatic rings. The largest absolute Gasteiger partial charge is 0.462 e. The summed E-state index contributed by atoms with van der Waals surface area (Å²) in [5, 5.41) is 14.0. The van der Waals surface area contributed by atoms with Crippen molar-refractivity contribution in [2.75, 3.05) is 19.7 Å². The maximum Gasteiger partial charge on any atom is 0.338 e. The number of hydrogen-bond acceptors (Lipinski definition) is 6. The van der Waals surface area contributed by atoms with Gasteiger partial charge in [0.1, 0.15) is 0 Å². The predicted octanol–water partition coefficient (Wildman–Crippen LogP) is 5.03. The van der Waals surface area contributed by atoms with Gasteiger partial charge in [-0.05, 0) is 86.0 Å². The molecule has 0 aliphatic heterocycles. The molecular weight excluding hydrogens is 509 g/mol. The minimum Gasteiger partial charge on any atom is -0.462 e. The van der Waals surface area contributed by atoms with Crippen LogP contribution in [0.25, 0.3) is 0 Å². The lowest BCUT2D eigenvalue weighted by Crippen LogP contribution is -2.22. The van der Waals surface area contributed by atoms with Crippen molar-refractivity contribution in [2.45, 2.75) is 35.7 Å². The number of sulfone groups is 1. The third kappa shape index (κ3) is 8.05. The minimum absolute atomic E-state index is 0. The van der Waals surface area contributed by atoms with Gasteiger partial charge in [0, 0.05) is 11.6 Å². The Kier molecular flexibility index (Phi) is 11.2. The zero-order chi connectivity index (χ0) is 24.6. The second-order valence-corrected chi connectivity index (χ2v) is 10.2. The monoisotopic (exact) mass is 537 g/mol. The second-order valence-electron chi connectivity index (χ2n) is 7.77. The van der Waals surface area contributed by atoms with Crippen molar-refractivity contribution in [1.82, 2.24) is 5.32 Å². The van der Waals surface area contributed by atoms with E-state index in [-0.39, 0.29) is 28.8 Å². The number of carbonyl (C=O) groups is 1. The Morgan fingerprint density at radius 2 is 1.66 bits per heavy atom. The molecule has 0 aromatic heterocycles. The molecular formula is C26H29Cl2NO5S. The van der Waals surface area contributed by atoms with Crippen LogP contribution in [0.1, 0.15) is 40.9 Å². The molecule has 0 heterocycles. The van der Waals surface area contributed by atoms with Crippen LogP contribution in [-0.4, -0.2) is 39.2 Å². The van der Waals surface area contributed by atoms with Crippen molar-refractivity contribution in [1.29, 1.82) is 0 Å². The van der Waals surface area contributed by atoms with E-state index in [0.29, 0.717) is 23.7 Å². The number of ether oxygens (including phenoxy) is 1. The molecule has 188 valence electrons. The summed E-state index contributed by atoms with van der Waals surface area (Å²) in [6.07, 6.45) is 0.980. The van der Waals surface area contributed by atoms with Crippen molar-refractivity contribution >= 4 is 39.8 Å². The van der Waals surface area contributed by atoms with E-state index in [1.54, 1.807) is 43.3 Å². The third-order valence-electron chi connectivity index (χ3n) is 5.30. The highest BCUT2D eigenvalue weighted by atomic mass is 35.5. The second kappa shape index (κ2) is 13.6. The van der Waals surface area contributed by atoms with E-state index in [4.69, 9.17) is 16.3 Å². The molecule has 9 heteroatoms. The molecule has 3 rings (SSSR count). The fraction of sp³-hybridized carbons (Fsp3) is 0.269. The van der Waals surface area contributed by atoms with Crippen molar-refractivity contribution in [3.8, 4) is 0 Å². The normalized spacial score (nSPS) is 12.0. The van der Waals surface area contributed by atoms with Gasteiger partial charge in [-0.25, -0.2) is 13.2 Å². The molecule has 0 aliphatic carbocycles. The molecule has 3 aromatic carbocycles. The Balaban J connectivity index is 0.00000432. The summed E-state index contributed by atoms with van der Waals surface area (Å²) in [6.45, 7) is 3.10.